The Bertz CT molecular complexity index is 459. The highest BCUT2D eigenvalue weighted by molar-refractivity contribution is 7.13. The van der Waals surface area contributed by atoms with Gasteiger partial charge in [-0.3, -0.25) is 0 Å². The van der Waals surface area contributed by atoms with Gasteiger partial charge in [0.15, 0.2) is 0 Å². The third-order valence-electron chi connectivity index (χ3n) is 2.51. The van der Waals surface area contributed by atoms with Crippen LogP contribution in [-0.2, 0) is 6.42 Å². The molecule has 0 saturated heterocycles. The van der Waals surface area contributed by atoms with Crippen LogP contribution in [0.3, 0.4) is 0 Å². The number of ether oxygens (including phenoxy) is 1. The summed E-state index contributed by atoms with van der Waals surface area (Å²) in [6.07, 6.45) is 1.02. The molecule has 14 heavy (non-hydrogen) atoms. The fourth-order valence-electron chi connectivity index (χ4n) is 1.82. The number of benzene rings is 1. The average Bonchev–Trinajstić information content (AvgIpc) is 2.61. The van der Waals surface area contributed by atoms with Crippen molar-refractivity contribution in [3.63, 3.8) is 0 Å². The van der Waals surface area contributed by atoms with E-state index >= 15 is 0 Å². The van der Waals surface area contributed by atoms with Gasteiger partial charge in [-0.25, -0.2) is 0 Å². The normalized spacial score (nSPS) is 13.7. The predicted octanol–water partition coefficient (Wildman–Crippen LogP) is 3.35. The second-order valence-corrected chi connectivity index (χ2v) is 4.29. The van der Waals surface area contributed by atoms with Gasteiger partial charge in [0, 0.05) is 16.9 Å². The van der Waals surface area contributed by atoms with Crippen molar-refractivity contribution in [2.24, 2.45) is 0 Å². The fourth-order valence-corrected chi connectivity index (χ4v) is 2.81. The standard InChI is InChI=1S/C12H10OS/c1-2-4-11-10(3-1)12-9(5-7-13-11)6-8-14-12/h1-4,6,8H,5,7H2. The number of para-hydroxylation sites is 1. The van der Waals surface area contributed by atoms with Crippen molar-refractivity contribution >= 4 is 11.3 Å². The molecule has 2 heteroatoms. The zero-order valence-electron chi connectivity index (χ0n) is 7.69. The first-order chi connectivity index (χ1) is 6.95. The Labute approximate surface area is 87.0 Å². The molecular formula is C12H10OS. The van der Waals surface area contributed by atoms with Crippen LogP contribution in [-0.4, -0.2) is 6.61 Å². The number of hydrogen-bond donors (Lipinski definition) is 0. The third-order valence-corrected chi connectivity index (χ3v) is 3.50. The third kappa shape index (κ3) is 1.15. The van der Waals surface area contributed by atoms with E-state index in [4.69, 9.17) is 4.74 Å². The maximum Gasteiger partial charge on any atom is 0.127 e. The molecule has 0 unspecified atom stereocenters. The Kier molecular flexibility index (Phi) is 1.81. The summed E-state index contributed by atoms with van der Waals surface area (Å²) in [7, 11) is 0. The largest absolute Gasteiger partial charge is 0.493 e. The van der Waals surface area contributed by atoms with Gasteiger partial charge in [-0.2, -0.15) is 0 Å². The summed E-state index contributed by atoms with van der Waals surface area (Å²) in [5, 5.41) is 2.16. The lowest BCUT2D eigenvalue weighted by Crippen LogP contribution is -1.97. The van der Waals surface area contributed by atoms with Crippen molar-refractivity contribution in [1.29, 1.82) is 0 Å². The maximum absolute atomic E-state index is 5.70. The minimum absolute atomic E-state index is 0.792. The number of fused-ring (bicyclic) bond motifs is 3. The summed E-state index contributed by atoms with van der Waals surface area (Å²) < 4.78 is 5.70. The lowest BCUT2D eigenvalue weighted by Gasteiger charge is -2.05. The van der Waals surface area contributed by atoms with Crippen molar-refractivity contribution in [3.8, 4) is 16.2 Å². The van der Waals surface area contributed by atoms with Crippen molar-refractivity contribution in [3.05, 3.63) is 41.3 Å². The second kappa shape index (κ2) is 3.14. The minimum atomic E-state index is 0.792. The summed E-state index contributed by atoms with van der Waals surface area (Å²) >= 11 is 1.80. The maximum atomic E-state index is 5.70. The molecule has 0 radical (unpaired) electrons. The van der Waals surface area contributed by atoms with Crippen LogP contribution in [0.4, 0.5) is 0 Å². The van der Waals surface area contributed by atoms with E-state index in [9.17, 15) is 0 Å². The molecule has 1 nitrogen and oxygen atoms in total. The molecule has 0 amide bonds. The molecule has 1 aliphatic rings. The van der Waals surface area contributed by atoms with E-state index in [-0.39, 0.29) is 0 Å². The molecule has 0 N–H and O–H groups in total. The van der Waals surface area contributed by atoms with Gasteiger partial charge in [0.1, 0.15) is 5.75 Å². The first-order valence-corrected chi connectivity index (χ1v) is 5.62. The molecule has 0 aliphatic carbocycles. The van der Waals surface area contributed by atoms with E-state index in [1.54, 1.807) is 11.3 Å². The van der Waals surface area contributed by atoms with Crippen LogP contribution < -0.4 is 4.74 Å². The molecule has 2 aromatic rings. The van der Waals surface area contributed by atoms with Gasteiger partial charge in [0.2, 0.25) is 0 Å². The number of rotatable bonds is 0. The average molecular weight is 202 g/mol. The van der Waals surface area contributed by atoms with Gasteiger partial charge in [-0.15, -0.1) is 11.3 Å². The molecule has 0 bridgehead atoms. The first-order valence-electron chi connectivity index (χ1n) is 4.74. The number of thiophene rings is 1. The molecule has 70 valence electrons. The fraction of sp³-hybridized carbons (Fsp3) is 0.167. The minimum Gasteiger partial charge on any atom is -0.493 e. The highest BCUT2D eigenvalue weighted by atomic mass is 32.1. The summed E-state index contributed by atoms with van der Waals surface area (Å²) in [4.78, 5) is 1.37. The van der Waals surface area contributed by atoms with E-state index < -0.39 is 0 Å². The topological polar surface area (TPSA) is 9.23 Å². The summed E-state index contributed by atoms with van der Waals surface area (Å²) in [6.45, 7) is 0.792. The van der Waals surface area contributed by atoms with Crippen LogP contribution in [0.25, 0.3) is 10.4 Å². The van der Waals surface area contributed by atoms with Gasteiger partial charge in [-0.1, -0.05) is 12.1 Å². The van der Waals surface area contributed by atoms with Crippen molar-refractivity contribution in [2.45, 2.75) is 6.42 Å². The van der Waals surface area contributed by atoms with E-state index in [1.165, 1.54) is 16.0 Å². The first kappa shape index (κ1) is 8.06. The van der Waals surface area contributed by atoms with Gasteiger partial charge in [0.25, 0.3) is 0 Å². The van der Waals surface area contributed by atoms with Gasteiger partial charge in [-0.05, 0) is 29.1 Å². The molecule has 2 heterocycles. The van der Waals surface area contributed by atoms with Crippen molar-refractivity contribution in [2.75, 3.05) is 6.61 Å². The molecule has 0 fully saturated rings. The molecule has 0 spiro atoms. The molecular weight excluding hydrogens is 192 g/mol. The SMILES string of the molecule is c1ccc2c(c1)OCCc1ccsc1-2. The Balaban J connectivity index is 2.27. The Morgan fingerprint density at radius 1 is 1.14 bits per heavy atom. The van der Waals surface area contributed by atoms with E-state index in [2.05, 4.69) is 23.6 Å². The molecule has 1 aromatic heterocycles. The van der Waals surface area contributed by atoms with Crippen molar-refractivity contribution in [1.82, 2.24) is 0 Å². The zero-order valence-corrected chi connectivity index (χ0v) is 8.51. The molecule has 3 rings (SSSR count). The van der Waals surface area contributed by atoms with Gasteiger partial charge in [0.05, 0.1) is 6.61 Å². The van der Waals surface area contributed by atoms with Crippen LogP contribution >= 0.6 is 11.3 Å². The monoisotopic (exact) mass is 202 g/mol. The van der Waals surface area contributed by atoms with Crippen LogP contribution in [0.5, 0.6) is 5.75 Å². The van der Waals surface area contributed by atoms with E-state index in [1.807, 2.05) is 12.1 Å². The molecule has 0 atom stereocenters. The zero-order chi connectivity index (χ0) is 9.38. The Morgan fingerprint density at radius 3 is 3.07 bits per heavy atom. The summed E-state index contributed by atoms with van der Waals surface area (Å²) in [5.74, 6) is 1.02. The van der Waals surface area contributed by atoms with Crippen molar-refractivity contribution < 1.29 is 4.74 Å². The molecule has 1 aromatic carbocycles. The predicted molar refractivity (Wildman–Crippen MR) is 59.0 cm³/mol. The Hall–Kier alpha value is -1.28. The lowest BCUT2D eigenvalue weighted by atomic mass is 10.1. The molecule has 1 aliphatic heterocycles. The van der Waals surface area contributed by atoms with Gasteiger partial charge < -0.3 is 4.74 Å². The smallest absolute Gasteiger partial charge is 0.127 e. The second-order valence-electron chi connectivity index (χ2n) is 3.37. The Morgan fingerprint density at radius 2 is 2.07 bits per heavy atom. The highest BCUT2D eigenvalue weighted by Crippen LogP contribution is 2.38. The summed E-state index contributed by atoms with van der Waals surface area (Å²) in [6, 6.07) is 10.5. The van der Waals surface area contributed by atoms with E-state index in [0.29, 0.717) is 0 Å². The molecule has 0 saturated carbocycles. The van der Waals surface area contributed by atoms with Crippen LogP contribution in [0, 0.1) is 0 Å². The van der Waals surface area contributed by atoms with Crippen LogP contribution in [0.1, 0.15) is 5.56 Å². The van der Waals surface area contributed by atoms with Gasteiger partial charge >= 0.3 is 0 Å². The lowest BCUT2D eigenvalue weighted by molar-refractivity contribution is 0.326. The number of hydrogen-bond acceptors (Lipinski definition) is 2. The van der Waals surface area contributed by atoms with E-state index in [0.717, 1.165) is 18.8 Å². The highest BCUT2D eigenvalue weighted by Gasteiger charge is 2.15. The van der Waals surface area contributed by atoms with Crippen LogP contribution in [0.15, 0.2) is 35.7 Å². The van der Waals surface area contributed by atoms with Crippen LogP contribution in [0.2, 0.25) is 0 Å². The quantitative estimate of drug-likeness (QED) is 0.636. The summed E-state index contributed by atoms with van der Waals surface area (Å²) in [5.41, 5.74) is 2.66.